The summed E-state index contributed by atoms with van der Waals surface area (Å²) in [5.41, 5.74) is 2.73. The van der Waals surface area contributed by atoms with Crippen molar-refractivity contribution in [2.45, 2.75) is 19.3 Å². The molecule has 1 aromatic carbocycles. The molecule has 1 amide bonds. The number of rotatable bonds is 4. The van der Waals surface area contributed by atoms with Gasteiger partial charge >= 0.3 is 0 Å². The number of hydrazone groups is 1. The van der Waals surface area contributed by atoms with Crippen molar-refractivity contribution in [1.29, 1.82) is 0 Å². The number of nitro benzene ring substituents is 1. The number of benzene rings is 1. The fraction of sp³-hybridized carbons (Fsp3) is 0.333. The molecular weight excluding hydrogens is 270 g/mol. The molecule has 1 saturated carbocycles. The molecule has 0 aromatic heterocycles. The van der Waals surface area contributed by atoms with Gasteiger partial charge in [0.1, 0.15) is 0 Å². The molecule has 1 aliphatic rings. The third-order valence-corrected chi connectivity index (χ3v) is 3.39. The van der Waals surface area contributed by atoms with Crippen LogP contribution in [0.1, 0.15) is 24.8 Å². The van der Waals surface area contributed by atoms with Gasteiger partial charge in [-0.1, -0.05) is 18.0 Å². The first-order valence-electron chi connectivity index (χ1n) is 5.85. The van der Waals surface area contributed by atoms with Gasteiger partial charge in [0.15, 0.2) is 0 Å². The summed E-state index contributed by atoms with van der Waals surface area (Å²) in [5, 5.41) is 14.7. The zero-order valence-corrected chi connectivity index (χ0v) is 10.8. The van der Waals surface area contributed by atoms with Crippen LogP contribution >= 0.6 is 11.6 Å². The highest BCUT2D eigenvalue weighted by atomic mass is 35.5. The molecule has 6 nitrogen and oxygen atoms in total. The Morgan fingerprint density at radius 1 is 1.53 bits per heavy atom. The van der Waals surface area contributed by atoms with Gasteiger partial charge in [-0.15, -0.1) is 0 Å². The molecule has 0 aliphatic heterocycles. The Morgan fingerprint density at radius 2 is 2.26 bits per heavy atom. The summed E-state index contributed by atoms with van der Waals surface area (Å²) in [4.78, 5) is 21.6. The molecule has 100 valence electrons. The number of nitro groups is 1. The fourth-order valence-electron chi connectivity index (χ4n) is 1.67. The third kappa shape index (κ3) is 3.29. The highest BCUT2D eigenvalue weighted by Gasteiger charge is 2.24. The van der Waals surface area contributed by atoms with E-state index in [2.05, 4.69) is 10.5 Å². The van der Waals surface area contributed by atoms with Crippen LogP contribution in [0.15, 0.2) is 23.3 Å². The van der Waals surface area contributed by atoms with Crippen LogP contribution < -0.4 is 5.43 Å². The molecular formula is C12H12ClN3O3. The lowest BCUT2D eigenvalue weighted by molar-refractivity contribution is -0.384. The topological polar surface area (TPSA) is 84.6 Å². The van der Waals surface area contributed by atoms with Gasteiger partial charge in [0, 0.05) is 28.6 Å². The molecule has 1 aromatic rings. The van der Waals surface area contributed by atoms with E-state index < -0.39 is 4.92 Å². The third-order valence-electron chi connectivity index (χ3n) is 3.04. The zero-order chi connectivity index (χ0) is 13.8. The van der Waals surface area contributed by atoms with Gasteiger partial charge in [-0.25, -0.2) is 5.43 Å². The summed E-state index contributed by atoms with van der Waals surface area (Å²) in [6, 6.07) is 4.04. The molecule has 0 radical (unpaired) electrons. The van der Waals surface area contributed by atoms with Crippen molar-refractivity contribution in [1.82, 2.24) is 5.43 Å². The van der Waals surface area contributed by atoms with Crippen LogP contribution in [0.2, 0.25) is 5.02 Å². The Balaban J connectivity index is 2.03. The summed E-state index contributed by atoms with van der Waals surface area (Å²) >= 11 is 5.89. The van der Waals surface area contributed by atoms with Crippen molar-refractivity contribution in [3.63, 3.8) is 0 Å². The van der Waals surface area contributed by atoms with Gasteiger partial charge in [0.2, 0.25) is 5.91 Å². The quantitative estimate of drug-likeness (QED) is 0.523. The van der Waals surface area contributed by atoms with Crippen molar-refractivity contribution >= 4 is 29.4 Å². The molecule has 2 rings (SSSR count). The molecule has 0 atom stereocenters. The number of non-ortho nitro benzene ring substituents is 1. The summed E-state index contributed by atoms with van der Waals surface area (Å²) in [5.74, 6) is -0.0817. The molecule has 0 spiro atoms. The molecule has 19 heavy (non-hydrogen) atoms. The molecule has 0 bridgehead atoms. The van der Waals surface area contributed by atoms with Crippen LogP contribution in [0, 0.1) is 16.0 Å². The minimum Gasteiger partial charge on any atom is -0.273 e. The maximum absolute atomic E-state index is 11.5. The lowest BCUT2D eigenvalue weighted by Crippen LogP contribution is -2.31. The van der Waals surface area contributed by atoms with Crippen molar-refractivity contribution in [3.05, 3.63) is 38.9 Å². The predicted molar refractivity (Wildman–Crippen MR) is 71.2 cm³/mol. The number of carbonyl (C=O) groups is 1. The molecule has 0 saturated heterocycles. The van der Waals surface area contributed by atoms with Gasteiger partial charge in [-0.3, -0.25) is 14.9 Å². The van der Waals surface area contributed by atoms with Crippen LogP contribution in [0.3, 0.4) is 0 Å². The SMILES string of the molecule is O=C(N/N=C/c1cc([N+](=O)[O-])ccc1Cl)C1CCC1. The van der Waals surface area contributed by atoms with Crippen LogP contribution in [-0.2, 0) is 4.79 Å². The Bertz CT molecular complexity index is 541. The highest BCUT2D eigenvalue weighted by Crippen LogP contribution is 2.26. The number of nitrogens with zero attached hydrogens (tertiary/aromatic N) is 2. The van der Waals surface area contributed by atoms with E-state index >= 15 is 0 Å². The molecule has 7 heteroatoms. The maximum atomic E-state index is 11.5. The van der Waals surface area contributed by atoms with E-state index in [1.165, 1.54) is 24.4 Å². The first-order chi connectivity index (χ1) is 9.08. The molecule has 1 fully saturated rings. The van der Waals surface area contributed by atoms with Crippen LogP contribution in [-0.4, -0.2) is 17.0 Å². The van der Waals surface area contributed by atoms with Crippen molar-refractivity contribution in [2.75, 3.05) is 0 Å². The Morgan fingerprint density at radius 3 is 2.84 bits per heavy atom. The van der Waals surface area contributed by atoms with Crippen molar-refractivity contribution in [3.8, 4) is 0 Å². The average molecular weight is 282 g/mol. The van der Waals surface area contributed by atoms with Crippen molar-refractivity contribution < 1.29 is 9.72 Å². The van der Waals surface area contributed by atoms with Crippen LogP contribution in [0.25, 0.3) is 0 Å². The summed E-state index contributed by atoms with van der Waals surface area (Å²) in [6.07, 6.45) is 4.16. The second kappa shape index (κ2) is 5.79. The Hall–Kier alpha value is -1.95. The monoisotopic (exact) mass is 281 g/mol. The second-order valence-electron chi connectivity index (χ2n) is 4.33. The van der Waals surface area contributed by atoms with Gasteiger partial charge < -0.3 is 0 Å². The smallest absolute Gasteiger partial charge is 0.270 e. The van der Waals surface area contributed by atoms with E-state index in [1.807, 2.05) is 0 Å². The summed E-state index contributed by atoms with van der Waals surface area (Å²) in [7, 11) is 0. The lowest BCUT2D eigenvalue weighted by atomic mass is 9.85. The first-order valence-corrected chi connectivity index (χ1v) is 6.22. The summed E-state index contributed by atoms with van der Waals surface area (Å²) < 4.78 is 0. The van der Waals surface area contributed by atoms with Gasteiger partial charge in [-0.2, -0.15) is 5.10 Å². The maximum Gasteiger partial charge on any atom is 0.270 e. The molecule has 0 heterocycles. The second-order valence-corrected chi connectivity index (χ2v) is 4.73. The van der Waals surface area contributed by atoms with Crippen molar-refractivity contribution in [2.24, 2.45) is 11.0 Å². The van der Waals surface area contributed by atoms with E-state index in [0.29, 0.717) is 10.6 Å². The van der Waals surface area contributed by atoms with E-state index in [9.17, 15) is 14.9 Å². The van der Waals surface area contributed by atoms with Crippen LogP contribution in [0.5, 0.6) is 0 Å². The largest absolute Gasteiger partial charge is 0.273 e. The van der Waals surface area contributed by atoms with Gasteiger partial charge in [-0.05, 0) is 18.9 Å². The number of hydrogen-bond donors (Lipinski definition) is 1. The zero-order valence-electron chi connectivity index (χ0n) is 10.0. The number of halogens is 1. The Kier molecular flexibility index (Phi) is 4.11. The lowest BCUT2D eigenvalue weighted by Gasteiger charge is -2.22. The molecule has 1 aliphatic carbocycles. The first kappa shape index (κ1) is 13.5. The standard InChI is InChI=1S/C12H12ClN3O3/c13-11-5-4-10(16(18)19)6-9(11)7-14-15-12(17)8-2-1-3-8/h4-8H,1-3H2,(H,15,17)/b14-7+. The number of carbonyl (C=O) groups excluding carboxylic acids is 1. The minimum absolute atomic E-state index is 0.0396. The van der Waals surface area contributed by atoms with E-state index in [4.69, 9.17) is 11.6 Å². The van der Waals surface area contributed by atoms with Gasteiger partial charge in [0.25, 0.3) is 5.69 Å². The van der Waals surface area contributed by atoms with Gasteiger partial charge in [0.05, 0.1) is 11.1 Å². The summed E-state index contributed by atoms with van der Waals surface area (Å²) in [6.45, 7) is 0. The van der Waals surface area contributed by atoms with E-state index in [-0.39, 0.29) is 17.5 Å². The van der Waals surface area contributed by atoms with E-state index in [0.717, 1.165) is 19.3 Å². The number of amides is 1. The minimum atomic E-state index is -0.513. The molecule has 1 N–H and O–H groups in total. The Labute approximate surface area is 114 Å². The highest BCUT2D eigenvalue weighted by molar-refractivity contribution is 6.33. The predicted octanol–water partition coefficient (Wildman–Crippen LogP) is 2.50. The molecule has 0 unspecified atom stereocenters. The normalized spacial score (nSPS) is 15.2. The average Bonchev–Trinajstić information content (AvgIpc) is 2.28. The van der Waals surface area contributed by atoms with Crippen LogP contribution in [0.4, 0.5) is 5.69 Å². The number of nitrogens with one attached hydrogen (secondary N) is 1. The number of hydrogen-bond acceptors (Lipinski definition) is 4. The fourth-order valence-corrected chi connectivity index (χ4v) is 1.84. The van der Waals surface area contributed by atoms with E-state index in [1.54, 1.807) is 0 Å².